The van der Waals surface area contributed by atoms with E-state index in [0.717, 1.165) is 0 Å². The molecule has 0 saturated carbocycles. The molecule has 2 rings (SSSR count). The molecule has 92 valence electrons. The Kier molecular flexibility index (Phi) is 3.05. The predicted octanol–water partition coefficient (Wildman–Crippen LogP) is -0.758. The van der Waals surface area contributed by atoms with Gasteiger partial charge in [0.1, 0.15) is 6.54 Å². The number of aromatic nitrogens is 2. The summed E-state index contributed by atoms with van der Waals surface area (Å²) < 4.78 is 1.24. The van der Waals surface area contributed by atoms with Crippen molar-refractivity contribution in [1.82, 2.24) is 14.7 Å². The maximum atomic E-state index is 11.6. The highest BCUT2D eigenvalue weighted by Crippen LogP contribution is 2.15. The Bertz CT molecular complexity index is 438. The van der Waals surface area contributed by atoms with E-state index >= 15 is 0 Å². The highest BCUT2D eigenvalue weighted by molar-refractivity contribution is 5.76. The summed E-state index contributed by atoms with van der Waals surface area (Å²) >= 11 is 0. The quantitative estimate of drug-likeness (QED) is 0.550. The fraction of sp³-hybridized carbons (Fsp3) is 0.556. The van der Waals surface area contributed by atoms with Crippen LogP contribution in [0.15, 0.2) is 12.3 Å². The number of rotatable bonds is 4. The van der Waals surface area contributed by atoms with Crippen LogP contribution in [-0.2, 0) is 11.3 Å². The van der Waals surface area contributed by atoms with Gasteiger partial charge in [0.2, 0.25) is 5.91 Å². The number of aliphatic hydroxyl groups is 1. The van der Waals surface area contributed by atoms with Crippen LogP contribution in [0.4, 0.5) is 5.82 Å². The van der Waals surface area contributed by atoms with Crippen LogP contribution in [0, 0.1) is 16.0 Å². The lowest BCUT2D eigenvalue weighted by Gasteiger charge is -2.37. The molecule has 0 atom stereocenters. The SMILES string of the molecule is O=C(Cn1ccc([N+](=O)[O-])n1)N1CC(CO)C1. The Morgan fingerprint density at radius 1 is 1.65 bits per heavy atom. The normalized spacial score (nSPS) is 15.7. The number of amides is 1. The van der Waals surface area contributed by atoms with Crippen LogP contribution in [-0.4, -0.2) is 50.3 Å². The third-order valence-corrected chi connectivity index (χ3v) is 2.68. The zero-order valence-electron chi connectivity index (χ0n) is 9.02. The van der Waals surface area contributed by atoms with Gasteiger partial charge in [-0.25, -0.2) is 0 Å². The van der Waals surface area contributed by atoms with E-state index in [1.807, 2.05) is 0 Å². The lowest BCUT2D eigenvalue weighted by atomic mass is 10.0. The maximum Gasteiger partial charge on any atom is 0.389 e. The Labute approximate surface area is 96.6 Å². The molecule has 0 aromatic carbocycles. The summed E-state index contributed by atoms with van der Waals surface area (Å²) in [6.07, 6.45) is 1.40. The van der Waals surface area contributed by atoms with Crippen molar-refractivity contribution in [2.24, 2.45) is 5.92 Å². The van der Waals surface area contributed by atoms with Gasteiger partial charge in [-0.2, -0.15) is 4.68 Å². The Morgan fingerprint density at radius 2 is 2.35 bits per heavy atom. The number of likely N-dealkylation sites (tertiary alicyclic amines) is 1. The molecule has 1 aliphatic rings. The average molecular weight is 240 g/mol. The molecule has 1 N–H and O–H groups in total. The van der Waals surface area contributed by atoms with Gasteiger partial charge in [0.15, 0.2) is 0 Å². The van der Waals surface area contributed by atoms with Crippen LogP contribution < -0.4 is 0 Å². The lowest BCUT2D eigenvalue weighted by Crippen LogP contribution is -2.52. The summed E-state index contributed by atoms with van der Waals surface area (Å²) in [5, 5.41) is 22.8. The van der Waals surface area contributed by atoms with E-state index in [1.165, 1.54) is 16.9 Å². The third kappa shape index (κ3) is 2.41. The van der Waals surface area contributed by atoms with Crippen LogP contribution in [0.3, 0.4) is 0 Å². The molecule has 1 fully saturated rings. The van der Waals surface area contributed by atoms with Crippen LogP contribution in [0.5, 0.6) is 0 Å². The molecule has 0 spiro atoms. The second-order valence-electron chi connectivity index (χ2n) is 3.98. The molecule has 0 bridgehead atoms. The summed E-state index contributed by atoms with van der Waals surface area (Å²) in [7, 11) is 0. The van der Waals surface area contributed by atoms with Gasteiger partial charge in [-0.3, -0.25) is 4.79 Å². The molecular weight excluding hydrogens is 228 g/mol. The van der Waals surface area contributed by atoms with Crippen molar-refractivity contribution in [2.75, 3.05) is 19.7 Å². The molecule has 0 radical (unpaired) electrons. The van der Waals surface area contributed by atoms with Gasteiger partial charge in [-0.1, -0.05) is 0 Å². The molecule has 1 aromatic rings. The molecule has 1 saturated heterocycles. The average Bonchev–Trinajstić information content (AvgIpc) is 2.64. The first-order chi connectivity index (χ1) is 8.10. The van der Waals surface area contributed by atoms with Crippen LogP contribution in [0.1, 0.15) is 0 Å². The molecular formula is C9H12N4O4. The fourth-order valence-electron chi connectivity index (χ4n) is 1.66. The molecule has 17 heavy (non-hydrogen) atoms. The lowest BCUT2D eigenvalue weighted by molar-refractivity contribution is -0.389. The van der Waals surface area contributed by atoms with E-state index in [2.05, 4.69) is 5.10 Å². The van der Waals surface area contributed by atoms with Crippen molar-refractivity contribution in [3.05, 3.63) is 22.4 Å². The first kappa shape index (κ1) is 11.5. The zero-order chi connectivity index (χ0) is 12.4. The van der Waals surface area contributed by atoms with E-state index in [0.29, 0.717) is 13.1 Å². The van der Waals surface area contributed by atoms with E-state index in [1.54, 1.807) is 4.90 Å². The van der Waals surface area contributed by atoms with Crippen LogP contribution >= 0.6 is 0 Å². The minimum absolute atomic E-state index is 0.00795. The molecule has 1 aliphatic heterocycles. The van der Waals surface area contributed by atoms with Crippen molar-refractivity contribution in [2.45, 2.75) is 6.54 Å². The first-order valence-electron chi connectivity index (χ1n) is 5.16. The van der Waals surface area contributed by atoms with Gasteiger partial charge in [-0.05, 0) is 4.92 Å². The van der Waals surface area contributed by atoms with Crippen molar-refractivity contribution in [3.63, 3.8) is 0 Å². The summed E-state index contributed by atoms with van der Waals surface area (Å²) in [5.74, 6) is -0.256. The standard InChI is InChI=1S/C9H12N4O4/c14-6-7-3-11(4-7)9(15)5-12-2-1-8(10-12)13(16)17/h1-2,7,14H,3-6H2. The Balaban J connectivity index is 1.88. The highest BCUT2D eigenvalue weighted by Gasteiger charge is 2.30. The van der Waals surface area contributed by atoms with Crippen molar-refractivity contribution in [1.29, 1.82) is 0 Å². The Hall–Kier alpha value is -1.96. The maximum absolute atomic E-state index is 11.6. The Morgan fingerprint density at radius 3 is 2.88 bits per heavy atom. The summed E-state index contributed by atoms with van der Waals surface area (Å²) in [4.78, 5) is 23.0. The van der Waals surface area contributed by atoms with E-state index in [-0.39, 0.29) is 30.8 Å². The number of nitro groups is 1. The van der Waals surface area contributed by atoms with Gasteiger partial charge in [0.05, 0.1) is 17.4 Å². The van der Waals surface area contributed by atoms with Gasteiger partial charge in [-0.15, -0.1) is 0 Å². The zero-order valence-corrected chi connectivity index (χ0v) is 9.02. The minimum atomic E-state index is -0.605. The van der Waals surface area contributed by atoms with E-state index < -0.39 is 4.92 Å². The van der Waals surface area contributed by atoms with Crippen molar-refractivity contribution in [3.8, 4) is 0 Å². The molecule has 8 heteroatoms. The second kappa shape index (κ2) is 4.50. The van der Waals surface area contributed by atoms with Crippen molar-refractivity contribution < 1.29 is 14.8 Å². The minimum Gasteiger partial charge on any atom is -0.396 e. The van der Waals surface area contributed by atoms with Crippen LogP contribution in [0.25, 0.3) is 0 Å². The monoisotopic (exact) mass is 240 g/mol. The molecule has 1 aromatic heterocycles. The summed E-state index contributed by atoms with van der Waals surface area (Å²) in [5.41, 5.74) is 0. The molecule has 1 amide bonds. The molecule has 8 nitrogen and oxygen atoms in total. The highest BCUT2D eigenvalue weighted by atomic mass is 16.6. The molecule has 0 aliphatic carbocycles. The number of hydrogen-bond acceptors (Lipinski definition) is 5. The number of hydrogen-bond donors (Lipinski definition) is 1. The van der Waals surface area contributed by atoms with Crippen molar-refractivity contribution >= 4 is 11.7 Å². The van der Waals surface area contributed by atoms with Gasteiger partial charge in [0.25, 0.3) is 0 Å². The topological polar surface area (TPSA) is 102 Å². The first-order valence-corrected chi connectivity index (χ1v) is 5.16. The summed E-state index contributed by atoms with van der Waals surface area (Å²) in [6, 6.07) is 1.25. The van der Waals surface area contributed by atoms with E-state index in [9.17, 15) is 14.9 Å². The van der Waals surface area contributed by atoms with Gasteiger partial charge < -0.3 is 20.1 Å². The summed E-state index contributed by atoms with van der Waals surface area (Å²) in [6.45, 7) is 1.15. The van der Waals surface area contributed by atoms with Crippen LogP contribution in [0.2, 0.25) is 0 Å². The smallest absolute Gasteiger partial charge is 0.389 e. The van der Waals surface area contributed by atoms with Gasteiger partial charge >= 0.3 is 5.82 Å². The molecule has 2 heterocycles. The number of aliphatic hydroxyl groups excluding tert-OH is 1. The predicted molar refractivity (Wildman–Crippen MR) is 56.0 cm³/mol. The molecule has 0 unspecified atom stereocenters. The third-order valence-electron chi connectivity index (χ3n) is 2.68. The van der Waals surface area contributed by atoms with E-state index in [4.69, 9.17) is 5.11 Å². The largest absolute Gasteiger partial charge is 0.396 e. The second-order valence-corrected chi connectivity index (χ2v) is 3.98. The fourth-order valence-corrected chi connectivity index (χ4v) is 1.66. The van der Waals surface area contributed by atoms with Gasteiger partial charge in [0, 0.05) is 25.6 Å². The number of nitrogens with zero attached hydrogens (tertiary/aromatic N) is 4. The number of carbonyl (C=O) groups is 1. The number of carbonyl (C=O) groups excluding carboxylic acids is 1.